The van der Waals surface area contributed by atoms with Crippen LogP contribution in [0.15, 0.2) is 28.8 Å². The van der Waals surface area contributed by atoms with Crippen LogP contribution in [0.25, 0.3) is 12.2 Å². The molecule has 2 aromatic heterocycles. The van der Waals surface area contributed by atoms with Crippen molar-refractivity contribution in [1.29, 1.82) is 0 Å². The first-order valence-corrected chi connectivity index (χ1v) is 4.66. The Kier molecular flexibility index (Phi) is 2.82. The zero-order valence-corrected chi connectivity index (χ0v) is 8.61. The first kappa shape index (κ1) is 10.8. The molecule has 0 aromatic carbocycles. The van der Waals surface area contributed by atoms with E-state index in [1.807, 2.05) is 0 Å². The predicted molar refractivity (Wildman–Crippen MR) is 60.7 cm³/mol. The SMILES string of the molecule is Nc1nccc(C=Cc2ccc([N+](=O)[O-])o2)n1. The van der Waals surface area contributed by atoms with E-state index in [-0.39, 0.29) is 11.8 Å². The lowest BCUT2D eigenvalue weighted by molar-refractivity contribution is -0.402. The number of nitrogens with two attached hydrogens (primary N) is 1. The van der Waals surface area contributed by atoms with Gasteiger partial charge < -0.3 is 10.2 Å². The number of rotatable bonds is 3. The smallest absolute Gasteiger partial charge is 0.401 e. The van der Waals surface area contributed by atoms with Gasteiger partial charge in [0.05, 0.1) is 11.8 Å². The fourth-order valence-corrected chi connectivity index (χ4v) is 1.18. The monoisotopic (exact) mass is 232 g/mol. The second-order valence-electron chi connectivity index (χ2n) is 3.11. The van der Waals surface area contributed by atoms with Gasteiger partial charge in [-0.15, -0.1) is 0 Å². The van der Waals surface area contributed by atoms with Crippen molar-refractivity contribution < 1.29 is 9.34 Å². The van der Waals surface area contributed by atoms with Gasteiger partial charge in [-0.25, -0.2) is 9.97 Å². The summed E-state index contributed by atoms with van der Waals surface area (Å²) in [5.41, 5.74) is 6.00. The molecule has 0 aliphatic heterocycles. The maximum Gasteiger partial charge on any atom is 0.433 e. The Labute approximate surface area is 95.8 Å². The maximum absolute atomic E-state index is 10.4. The Bertz CT molecular complexity index is 576. The summed E-state index contributed by atoms with van der Waals surface area (Å²) >= 11 is 0. The Morgan fingerprint density at radius 2 is 2.18 bits per heavy atom. The van der Waals surface area contributed by atoms with E-state index in [2.05, 4.69) is 9.97 Å². The van der Waals surface area contributed by atoms with E-state index in [9.17, 15) is 10.1 Å². The zero-order valence-electron chi connectivity index (χ0n) is 8.61. The van der Waals surface area contributed by atoms with Crippen molar-refractivity contribution in [3.05, 3.63) is 46.0 Å². The first-order chi connectivity index (χ1) is 8.15. The minimum Gasteiger partial charge on any atom is -0.401 e. The molecule has 0 aliphatic rings. The lowest BCUT2D eigenvalue weighted by atomic mass is 10.3. The molecule has 17 heavy (non-hydrogen) atoms. The van der Waals surface area contributed by atoms with E-state index in [4.69, 9.17) is 10.2 Å². The van der Waals surface area contributed by atoms with Crippen LogP contribution in [0, 0.1) is 10.1 Å². The molecule has 2 rings (SSSR count). The molecule has 86 valence electrons. The summed E-state index contributed by atoms with van der Waals surface area (Å²) in [6, 6.07) is 4.44. The number of hydrogen-bond donors (Lipinski definition) is 1. The number of nitrogen functional groups attached to an aromatic ring is 1. The standard InChI is InChI=1S/C10H8N4O3/c11-10-12-6-5-7(13-10)1-2-8-3-4-9(17-8)14(15)16/h1-6H,(H2,11,12,13). The van der Waals surface area contributed by atoms with Crippen LogP contribution < -0.4 is 5.73 Å². The van der Waals surface area contributed by atoms with Crippen molar-refractivity contribution in [2.75, 3.05) is 5.73 Å². The lowest BCUT2D eigenvalue weighted by Gasteiger charge is -1.92. The molecule has 7 nitrogen and oxygen atoms in total. The van der Waals surface area contributed by atoms with Crippen molar-refractivity contribution in [2.24, 2.45) is 0 Å². The highest BCUT2D eigenvalue weighted by Crippen LogP contribution is 2.17. The summed E-state index contributed by atoms with van der Waals surface area (Å²) in [6.07, 6.45) is 4.71. The largest absolute Gasteiger partial charge is 0.433 e. The molecule has 0 saturated heterocycles. The second kappa shape index (κ2) is 4.44. The Morgan fingerprint density at radius 1 is 1.35 bits per heavy atom. The van der Waals surface area contributed by atoms with Crippen LogP contribution in [-0.2, 0) is 0 Å². The molecule has 2 N–H and O–H groups in total. The molecule has 0 unspecified atom stereocenters. The van der Waals surface area contributed by atoms with Crippen molar-refractivity contribution in [2.45, 2.75) is 0 Å². The van der Waals surface area contributed by atoms with E-state index >= 15 is 0 Å². The van der Waals surface area contributed by atoms with E-state index in [0.29, 0.717) is 11.5 Å². The third kappa shape index (κ3) is 2.65. The van der Waals surface area contributed by atoms with Crippen molar-refractivity contribution in [3.63, 3.8) is 0 Å². The summed E-state index contributed by atoms with van der Waals surface area (Å²) in [7, 11) is 0. The molecule has 2 heterocycles. The van der Waals surface area contributed by atoms with Crippen molar-refractivity contribution in [1.82, 2.24) is 9.97 Å². The topological polar surface area (TPSA) is 108 Å². The van der Waals surface area contributed by atoms with Gasteiger partial charge in [0.25, 0.3) is 0 Å². The number of hydrogen-bond acceptors (Lipinski definition) is 6. The molecule has 0 atom stereocenters. The van der Waals surface area contributed by atoms with Crippen LogP contribution in [0.1, 0.15) is 11.5 Å². The predicted octanol–water partition coefficient (Wildman–Crippen LogP) is 1.73. The van der Waals surface area contributed by atoms with Gasteiger partial charge in [-0.1, -0.05) is 0 Å². The summed E-state index contributed by atoms with van der Waals surface area (Å²) in [5.74, 6) is 0.235. The zero-order chi connectivity index (χ0) is 12.3. The van der Waals surface area contributed by atoms with Crippen LogP contribution in [0.2, 0.25) is 0 Å². The average Bonchev–Trinajstić information content (AvgIpc) is 2.75. The second-order valence-corrected chi connectivity index (χ2v) is 3.11. The summed E-state index contributed by atoms with van der Waals surface area (Å²) in [5, 5.41) is 10.4. The molecule has 0 aliphatic carbocycles. The highest BCUT2D eigenvalue weighted by molar-refractivity contribution is 5.66. The summed E-state index contributed by atoms with van der Waals surface area (Å²) in [6.45, 7) is 0. The molecule has 0 saturated carbocycles. The molecule has 0 radical (unpaired) electrons. The molecule has 7 heteroatoms. The molecule has 2 aromatic rings. The lowest BCUT2D eigenvalue weighted by Crippen LogP contribution is -1.94. The number of nitrogens with zero attached hydrogens (tertiary/aromatic N) is 3. The van der Waals surface area contributed by atoms with Gasteiger partial charge >= 0.3 is 5.88 Å². The first-order valence-electron chi connectivity index (χ1n) is 4.66. The summed E-state index contributed by atoms with van der Waals surface area (Å²) < 4.78 is 4.94. The van der Waals surface area contributed by atoms with E-state index in [1.54, 1.807) is 18.2 Å². The van der Waals surface area contributed by atoms with Crippen molar-refractivity contribution >= 4 is 24.0 Å². The average molecular weight is 232 g/mol. The van der Waals surface area contributed by atoms with Gasteiger partial charge in [0, 0.05) is 6.20 Å². The molecular formula is C10H8N4O3. The quantitative estimate of drug-likeness (QED) is 0.637. The summed E-state index contributed by atoms with van der Waals surface area (Å²) in [4.78, 5) is 17.5. The van der Waals surface area contributed by atoms with Gasteiger partial charge in [0.1, 0.15) is 10.7 Å². The van der Waals surface area contributed by atoms with Crippen LogP contribution in [0.4, 0.5) is 11.8 Å². The molecule has 0 fully saturated rings. The highest BCUT2D eigenvalue weighted by Gasteiger charge is 2.09. The van der Waals surface area contributed by atoms with Crippen LogP contribution in [-0.4, -0.2) is 14.9 Å². The van der Waals surface area contributed by atoms with Crippen molar-refractivity contribution in [3.8, 4) is 0 Å². The number of anilines is 1. The van der Waals surface area contributed by atoms with E-state index in [0.717, 1.165) is 0 Å². The Balaban J connectivity index is 2.17. The Morgan fingerprint density at radius 3 is 2.82 bits per heavy atom. The Hall–Kier alpha value is -2.70. The van der Waals surface area contributed by atoms with Gasteiger partial charge in [0.15, 0.2) is 0 Å². The van der Waals surface area contributed by atoms with Gasteiger partial charge in [-0.2, -0.15) is 0 Å². The van der Waals surface area contributed by atoms with Crippen LogP contribution in [0.3, 0.4) is 0 Å². The molecule has 0 amide bonds. The number of aromatic nitrogens is 2. The minimum atomic E-state index is -0.597. The van der Waals surface area contributed by atoms with E-state index in [1.165, 1.54) is 18.3 Å². The normalized spacial score (nSPS) is 10.8. The van der Waals surface area contributed by atoms with Gasteiger partial charge in [-0.3, -0.25) is 10.1 Å². The molecule has 0 bridgehead atoms. The van der Waals surface area contributed by atoms with E-state index < -0.39 is 4.92 Å². The van der Waals surface area contributed by atoms with Crippen LogP contribution in [0.5, 0.6) is 0 Å². The van der Waals surface area contributed by atoms with Gasteiger partial charge in [-0.05, 0) is 24.3 Å². The third-order valence-electron chi connectivity index (χ3n) is 1.91. The van der Waals surface area contributed by atoms with Gasteiger partial charge in [0.2, 0.25) is 5.95 Å². The fourth-order valence-electron chi connectivity index (χ4n) is 1.18. The minimum absolute atomic E-state index is 0.164. The maximum atomic E-state index is 10.4. The van der Waals surface area contributed by atoms with Crippen LogP contribution >= 0.6 is 0 Å². The molecular weight excluding hydrogens is 224 g/mol. The number of furan rings is 1. The fraction of sp³-hybridized carbons (Fsp3) is 0. The highest BCUT2D eigenvalue weighted by atomic mass is 16.6. The number of nitro groups is 1. The molecule has 0 spiro atoms. The third-order valence-corrected chi connectivity index (χ3v) is 1.91.